The molecule has 2 rings (SSSR count). The van der Waals surface area contributed by atoms with Gasteiger partial charge in [0.05, 0.1) is 16.5 Å². The molecular formula is C9H11N3O3S. The molecular weight excluding hydrogens is 230 g/mol. The second-order valence-corrected chi connectivity index (χ2v) is 4.55. The molecule has 1 saturated heterocycles. The Bertz CT molecular complexity index is 427. The van der Waals surface area contributed by atoms with Crippen LogP contribution in [0.5, 0.6) is 0 Å². The number of thiophene rings is 1. The molecule has 7 heteroatoms. The van der Waals surface area contributed by atoms with Crippen LogP contribution in [0.4, 0.5) is 5.00 Å². The van der Waals surface area contributed by atoms with Gasteiger partial charge in [0.2, 0.25) is 0 Å². The molecule has 0 aliphatic carbocycles. The van der Waals surface area contributed by atoms with Crippen LogP contribution < -0.4 is 5.32 Å². The van der Waals surface area contributed by atoms with E-state index in [9.17, 15) is 14.9 Å². The third-order valence-corrected chi connectivity index (χ3v) is 3.52. The van der Waals surface area contributed by atoms with E-state index in [1.165, 1.54) is 11.4 Å². The zero-order chi connectivity index (χ0) is 11.7. The fraction of sp³-hybridized carbons (Fsp3) is 0.444. The average molecular weight is 241 g/mol. The largest absolute Gasteiger partial charge is 0.336 e. The molecule has 16 heavy (non-hydrogen) atoms. The number of carbonyl (C=O) groups is 1. The van der Waals surface area contributed by atoms with Crippen molar-refractivity contribution in [1.82, 2.24) is 10.2 Å². The van der Waals surface area contributed by atoms with Gasteiger partial charge in [0.1, 0.15) is 0 Å². The monoisotopic (exact) mass is 241 g/mol. The number of rotatable bonds is 3. The summed E-state index contributed by atoms with van der Waals surface area (Å²) in [6.07, 6.45) is 0. The highest BCUT2D eigenvalue weighted by Gasteiger charge is 2.27. The van der Waals surface area contributed by atoms with E-state index in [4.69, 9.17) is 0 Å². The summed E-state index contributed by atoms with van der Waals surface area (Å²) in [5.41, 5.74) is 0.395. The minimum atomic E-state index is -0.480. The van der Waals surface area contributed by atoms with Crippen molar-refractivity contribution >= 4 is 22.2 Å². The van der Waals surface area contributed by atoms with Crippen molar-refractivity contribution in [2.75, 3.05) is 20.1 Å². The SMILES string of the molecule is CN(C(=O)c1csc([N+](=O)[O-])c1)C1CNC1. The van der Waals surface area contributed by atoms with Crippen LogP contribution in [0.2, 0.25) is 0 Å². The van der Waals surface area contributed by atoms with E-state index in [1.807, 2.05) is 0 Å². The third kappa shape index (κ3) is 1.91. The lowest BCUT2D eigenvalue weighted by Crippen LogP contribution is -2.57. The van der Waals surface area contributed by atoms with Gasteiger partial charge in [0.15, 0.2) is 0 Å². The van der Waals surface area contributed by atoms with Crippen LogP contribution in [0.3, 0.4) is 0 Å². The van der Waals surface area contributed by atoms with Gasteiger partial charge in [-0.3, -0.25) is 14.9 Å². The number of carbonyl (C=O) groups excluding carboxylic acids is 1. The van der Waals surface area contributed by atoms with Gasteiger partial charge in [-0.2, -0.15) is 0 Å². The highest BCUT2D eigenvalue weighted by Crippen LogP contribution is 2.23. The fourth-order valence-electron chi connectivity index (χ4n) is 1.45. The van der Waals surface area contributed by atoms with Crippen LogP contribution in [-0.2, 0) is 0 Å². The maximum Gasteiger partial charge on any atom is 0.324 e. The Morgan fingerprint density at radius 3 is 2.81 bits per heavy atom. The van der Waals surface area contributed by atoms with Crippen molar-refractivity contribution in [3.8, 4) is 0 Å². The molecule has 0 saturated carbocycles. The molecule has 1 aromatic rings. The first kappa shape index (κ1) is 11.0. The molecule has 0 spiro atoms. The minimum Gasteiger partial charge on any atom is -0.336 e. The van der Waals surface area contributed by atoms with E-state index in [-0.39, 0.29) is 17.0 Å². The first-order valence-electron chi connectivity index (χ1n) is 4.80. The molecule has 1 aromatic heterocycles. The lowest BCUT2D eigenvalue weighted by Gasteiger charge is -2.35. The van der Waals surface area contributed by atoms with Crippen molar-refractivity contribution in [2.45, 2.75) is 6.04 Å². The summed E-state index contributed by atoms with van der Waals surface area (Å²) in [6.45, 7) is 1.57. The Balaban J connectivity index is 2.10. The van der Waals surface area contributed by atoms with Gasteiger partial charge in [0.25, 0.3) is 5.91 Å². The Labute approximate surface area is 96.0 Å². The number of nitro groups is 1. The van der Waals surface area contributed by atoms with Gasteiger partial charge in [-0.25, -0.2) is 0 Å². The van der Waals surface area contributed by atoms with Gasteiger partial charge in [-0.15, -0.1) is 0 Å². The molecule has 0 radical (unpaired) electrons. The molecule has 1 fully saturated rings. The molecule has 1 aliphatic heterocycles. The third-order valence-electron chi connectivity index (χ3n) is 2.64. The normalized spacial score (nSPS) is 15.6. The number of nitrogens with zero attached hydrogens (tertiary/aromatic N) is 2. The zero-order valence-electron chi connectivity index (χ0n) is 8.67. The quantitative estimate of drug-likeness (QED) is 0.624. The predicted molar refractivity (Wildman–Crippen MR) is 59.7 cm³/mol. The van der Waals surface area contributed by atoms with Crippen molar-refractivity contribution in [3.05, 3.63) is 27.1 Å². The molecule has 6 nitrogen and oxygen atoms in total. The minimum absolute atomic E-state index is 0.00323. The number of hydrogen-bond acceptors (Lipinski definition) is 5. The number of likely N-dealkylation sites (N-methyl/N-ethyl adjacent to an activating group) is 1. The predicted octanol–water partition coefficient (Wildman–Crippen LogP) is 0.700. The van der Waals surface area contributed by atoms with E-state index in [0.717, 1.165) is 24.4 Å². The van der Waals surface area contributed by atoms with E-state index in [1.54, 1.807) is 11.9 Å². The number of amides is 1. The number of nitrogens with one attached hydrogen (secondary N) is 1. The maximum atomic E-state index is 11.9. The van der Waals surface area contributed by atoms with E-state index >= 15 is 0 Å². The van der Waals surface area contributed by atoms with E-state index < -0.39 is 4.92 Å². The molecule has 2 heterocycles. The summed E-state index contributed by atoms with van der Waals surface area (Å²) in [4.78, 5) is 23.5. The Morgan fingerprint density at radius 1 is 1.69 bits per heavy atom. The Kier molecular flexibility index (Phi) is 2.88. The summed E-state index contributed by atoms with van der Waals surface area (Å²) >= 11 is 0.979. The van der Waals surface area contributed by atoms with Crippen LogP contribution in [0, 0.1) is 10.1 Å². The maximum absolute atomic E-state index is 11.9. The first-order chi connectivity index (χ1) is 7.59. The zero-order valence-corrected chi connectivity index (χ0v) is 9.49. The fourth-order valence-corrected chi connectivity index (χ4v) is 2.15. The lowest BCUT2D eigenvalue weighted by molar-refractivity contribution is -0.380. The molecule has 1 N–H and O–H groups in total. The summed E-state index contributed by atoms with van der Waals surface area (Å²) in [5.74, 6) is -0.157. The highest BCUT2D eigenvalue weighted by molar-refractivity contribution is 7.13. The topological polar surface area (TPSA) is 75.5 Å². The molecule has 86 valence electrons. The summed E-state index contributed by atoms with van der Waals surface area (Å²) in [7, 11) is 1.72. The Morgan fingerprint density at radius 2 is 2.38 bits per heavy atom. The van der Waals surface area contributed by atoms with Gasteiger partial charge in [-0.05, 0) is 0 Å². The summed E-state index contributed by atoms with van der Waals surface area (Å²) < 4.78 is 0. The molecule has 0 atom stereocenters. The Hall–Kier alpha value is -1.47. The van der Waals surface area contributed by atoms with Crippen LogP contribution in [0.1, 0.15) is 10.4 Å². The van der Waals surface area contributed by atoms with Crippen LogP contribution in [-0.4, -0.2) is 41.9 Å². The smallest absolute Gasteiger partial charge is 0.324 e. The summed E-state index contributed by atoms with van der Waals surface area (Å²) in [5, 5.41) is 15.1. The number of hydrogen-bond donors (Lipinski definition) is 1. The second kappa shape index (κ2) is 4.18. The second-order valence-electron chi connectivity index (χ2n) is 3.66. The van der Waals surface area contributed by atoms with Crippen molar-refractivity contribution in [2.24, 2.45) is 0 Å². The van der Waals surface area contributed by atoms with Crippen LogP contribution in [0.15, 0.2) is 11.4 Å². The van der Waals surface area contributed by atoms with Gasteiger partial charge < -0.3 is 10.2 Å². The summed E-state index contributed by atoms with van der Waals surface area (Å²) in [6, 6.07) is 1.53. The molecule has 1 aliphatic rings. The van der Waals surface area contributed by atoms with Crippen molar-refractivity contribution in [1.29, 1.82) is 0 Å². The van der Waals surface area contributed by atoms with Gasteiger partial charge in [0, 0.05) is 31.6 Å². The highest BCUT2D eigenvalue weighted by atomic mass is 32.1. The van der Waals surface area contributed by atoms with E-state index in [0.29, 0.717) is 5.56 Å². The van der Waals surface area contributed by atoms with E-state index in [2.05, 4.69) is 5.32 Å². The van der Waals surface area contributed by atoms with Gasteiger partial charge >= 0.3 is 5.00 Å². The molecule has 1 amide bonds. The molecule has 0 bridgehead atoms. The lowest BCUT2D eigenvalue weighted by atomic mass is 10.1. The van der Waals surface area contributed by atoms with Crippen molar-refractivity contribution < 1.29 is 9.72 Å². The van der Waals surface area contributed by atoms with Crippen LogP contribution in [0.25, 0.3) is 0 Å². The van der Waals surface area contributed by atoms with Gasteiger partial charge in [-0.1, -0.05) is 11.3 Å². The van der Waals surface area contributed by atoms with Crippen molar-refractivity contribution in [3.63, 3.8) is 0 Å². The standard InChI is InChI=1S/C9H11N3O3S/c1-11(7-3-10-4-7)9(13)6-2-8(12(14)15)16-5-6/h2,5,7,10H,3-4H2,1H3. The first-order valence-corrected chi connectivity index (χ1v) is 5.68. The molecule has 0 unspecified atom stereocenters. The van der Waals surface area contributed by atoms with Crippen LogP contribution >= 0.6 is 11.3 Å². The average Bonchev–Trinajstić information content (AvgIpc) is 2.62. The molecule has 0 aromatic carbocycles.